The summed E-state index contributed by atoms with van der Waals surface area (Å²) < 4.78 is 34.2. The zero-order chi connectivity index (χ0) is 25.6. The molecule has 0 aliphatic heterocycles. The number of rotatable bonds is 12. The van der Waals surface area contributed by atoms with Crippen LogP contribution in [0.1, 0.15) is 73.4 Å². The number of benzene rings is 1. The van der Waals surface area contributed by atoms with Crippen LogP contribution in [0.2, 0.25) is 5.02 Å². The molecule has 2 aromatic heterocycles. The molecule has 3 aromatic rings. The number of sulfonamides is 1. The molecule has 2 heterocycles. The van der Waals surface area contributed by atoms with Crippen molar-refractivity contribution in [2.75, 3.05) is 12.4 Å². The number of aryl methyl sites for hydroxylation is 2. The van der Waals surface area contributed by atoms with Crippen LogP contribution in [-0.2, 0) is 16.6 Å². The molecule has 35 heavy (non-hydrogen) atoms. The molecule has 1 aromatic carbocycles. The Morgan fingerprint density at radius 1 is 1.09 bits per heavy atom. The largest absolute Gasteiger partial charge is 0.494 e. The SMILES string of the molecule is CCCCCOc1ccc(Cn2c(C)nc3c(C)cc(C(=O)NS(=O)(=O)CCCC)nc32)c(Cl)c1. The molecule has 8 nitrogen and oxygen atoms in total. The fraction of sp³-hybridized carbons (Fsp3) is 0.480. The van der Waals surface area contributed by atoms with Crippen LogP contribution in [0.5, 0.6) is 5.75 Å². The number of hydrogen-bond donors (Lipinski definition) is 1. The van der Waals surface area contributed by atoms with Gasteiger partial charge in [0.25, 0.3) is 5.91 Å². The van der Waals surface area contributed by atoms with Crippen molar-refractivity contribution in [3.05, 3.63) is 51.9 Å². The third-order valence-electron chi connectivity index (χ3n) is 5.70. The van der Waals surface area contributed by atoms with E-state index >= 15 is 0 Å². The van der Waals surface area contributed by atoms with Gasteiger partial charge in [-0.05, 0) is 56.0 Å². The Labute approximate surface area is 212 Å². The number of hydrogen-bond acceptors (Lipinski definition) is 6. The first-order chi connectivity index (χ1) is 16.6. The molecule has 1 N–H and O–H groups in total. The lowest BCUT2D eigenvalue weighted by molar-refractivity contribution is 0.0976. The summed E-state index contributed by atoms with van der Waals surface area (Å²) in [6, 6.07) is 7.16. The third-order valence-corrected chi connectivity index (χ3v) is 7.38. The van der Waals surface area contributed by atoms with Crippen LogP contribution >= 0.6 is 11.6 Å². The van der Waals surface area contributed by atoms with Gasteiger partial charge < -0.3 is 9.30 Å². The number of pyridine rings is 1. The van der Waals surface area contributed by atoms with Crippen LogP contribution in [0.25, 0.3) is 11.2 Å². The molecule has 10 heteroatoms. The molecule has 0 aliphatic carbocycles. The monoisotopic (exact) mass is 520 g/mol. The van der Waals surface area contributed by atoms with Crippen molar-refractivity contribution in [3.63, 3.8) is 0 Å². The normalized spacial score (nSPS) is 11.7. The summed E-state index contributed by atoms with van der Waals surface area (Å²) in [7, 11) is -3.72. The van der Waals surface area contributed by atoms with Gasteiger partial charge in [-0.15, -0.1) is 0 Å². The summed E-state index contributed by atoms with van der Waals surface area (Å²) in [4.78, 5) is 21.8. The number of nitrogens with one attached hydrogen (secondary N) is 1. The molecule has 0 saturated heterocycles. The highest BCUT2D eigenvalue weighted by Gasteiger charge is 2.20. The second kappa shape index (κ2) is 11.9. The Morgan fingerprint density at radius 2 is 1.83 bits per heavy atom. The van der Waals surface area contributed by atoms with Gasteiger partial charge in [0.2, 0.25) is 10.0 Å². The minimum atomic E-state index is -3.72. The van der Waals surface area contributed by atoms with E-state index < -0.39 is 15.9 Å². The van der Waals surface area contributed by atoms with E-state index in [9.17, 15) is 13.2 Å². The van der Waals surface area contributed by atoms with Crippen LogP contribution < -0.4 is 9.46 Å². The fourth-order valence-corrected chi connectivity index (χ4v) is 5.08. The van der Waals surface area contributed by atoms with E-state index in [1.54, 1.807) is 12.1 Å². The van der Waals surface area contributed by atoms with Crippen LogP contribution in [0, 0.1) is 13.8 Å². The summed E-state index contributed by atoms with van der Waals surface area (Å²) in [5, 5.41) is 0.562. The standard InChI is InChI=1S/C25H33ClN4O4S/c1-5-7-9-12-34-20-11-10-19(21(26)15-20)16-30-18(4)27-23-17(3)14-22(28-24(23)30)25(31)29-35(32,33)13-8-6-2/h10-11,14-15H,5-9,12-13,16H2,1-4H3,(H,29,31). The van der Waals surface area contributed by atoms with Gasteiger partial charge in [-0.2, -0.15) is 0 Å². The van der Waals surface area contributed by atoms with Gasteiger partial charge in [0, 0.05) is 5.02 Å². The van der Waals surface area contributed by atoms with Gasteiger partial charge in [0.15, 0.2) is 5.65 Å². The first-order valence-corrected chi connectivity index (χ1v) is 14.0. The van der Waals surface area contributed by atoms with E-state index in [2.05, 4.69) is 21.6 Å². The Kier molecular flexibility index (Phi) is 9.13. The summed E-state index contributed by atoms with van der Waals surface area (Å²) >= 11 is 6.55. The van der Waals surface area contributed by atoms with Gasteiger partial charge in [-0.1, -0.05) is 50.8 Å². The van der Waals surface area contributed by atoms with Gasteiger partial charge in [-0.3, -0.25) is 4.79 Å². The highest BCUT2D eigenvalue weighted by atomic mass is 35.5. The highest BCUT2D eigenvalue weighted by Crippen LogP contribution is 2.26. The number of carbonyl (C=O) groups is 1. The zero-order valence-corrected chi connectivity index (χ0v) is 22.3. The number of nitrogens with zero attached hydrogens (tertiary/aromatic N) is 3. The van der Waals surface area contributed by atoms with Gasteiger partial charge >= 0.3 is 0 Å². The van der Waals surface area contributed by atoms with Crippen molar-refractivity contribution in [1.29, 1.82) is 0 Å². The molecule has 0 fully saturated rings. The number of fused-ring (bicyclic) bond motifs is 1. The van der Waals surface area contributed by atoms with Crippen molar-refractivity contribution < 1.29 is 17.9 Å². The molecule has 0 radical (unpaired) electrons. The summed E-state index contributed by atoms with van der Waals surface area (Å²) in [5.74, 6) is 0.572. The lowest BCUT2D eigenvalue weighted by atomic mass is 10.2. The zero-order valence-electron chi connectivity index (χ0n) is 20.7. The second-order valence-electron chi connectivity index (χ2n) is 8.65. The molecular formula is C25H33ClN4O4S. The number of ether oxygens (including phenoxy) is 1. The van der Waals surface area contributed by atoms with Gasteiger partial charge in [0.1, 0.15) is 22.8 Å². The first kappa shape index (κ1) is 26.9. The lowest BCUT2D eigenvalue weighted by Gasteiger charge is -2.12. The maximum atomic E-state index is 12.7. The molecular weight excluding hydrogens is 488 g/mol. The number of halogens is 1. The number of amides is 1. The van der Waals surface area contributed by atoms with Gasteiger partial charge in [0.05, 0.1) is 18.9 Å². The van der Waals surface area contributed by atoms with Crippen LogP contribution in [0.4, 0.5) is 0 Å². The van der Waals surface area contributed by atoms with Crippen LogP contribution in [0.15, 0.2) is 24.3 Å². The number of aromatic nitrogens is 3. The van der Waals surface area contributed by atoms with Crippen molar-refractivity contribution in [2.45, 2.75) is 66.3 Å². The van der Waals surface area contributed by atoms with Crippen LogP contribution in [0.3, 0.4) is 0 Å². The Morgan fingerprint density at radius 3 is 2.51 bits per heavy atom. The molecule has 0 spiro atoms. The Bertz CT molecular complexity index is 1300. The van der Waals surface area contributed by atoms with E-state index in [0.29, 0.717) is 48.0 Å². The Hall–Kier alpha value is -2.65. The maximum Gasteiger partial charge on any atom is 0.283 e. The smallest absolute Gasteiger partial charge is 0.283 e. The van der Waals surface area contributed by atoms with Gasteiger partial charge in [-0.25, -0.2) is 23.1 Å². The predicted molar refractivity (Wildman–Crippen MR) is 139 cm³/mol. The third kappa shape index (κ3) is 6.95. The highest BCUT2D eigenvalue weighted by molar-refractivity contribution is 7.90. The molecule has 0 bridgehead atoms. The minimum absolute atomic E-state index is 0.0261. The lowest BCUT2D eigenvalue weighted by Crippen LogP contribution is -2.33. The van der Waals surface area contributed by atoms with E-state index in [0.717, 1.165) is 36.1 Å². The minimum Gasteiger partial charge on any atom is -0.494 e. The van der Waals surface area contributed by atoms with Crippen molar-refractivity contribution in [3.8, 4) is 5.75 Å². The summed E-state index contributed by atoms with van der Waals surface area (Å²) in [5.41, 5.74) is 2.76. The summed E-state index contributed by atoms with van der Waals surface area (Å²) in [6.45, 7) is 8.76. The molecule has 0 aliphatic rings. The number of unbranched alkanes of at least 4 members (excludes halogenated alkanes) is 3. The second-order valence-corrected chi connectivity index (χ2v) is 10.9. The number of carbonyl (C=O) groups excluding carboxylic acids is 1. The average molecular weight is 521 g/mol. The van der Waals surface area contributed by atoms with E-state index in [4.69, 9.17) is 16.3 Å². The maximum absolute atomic E-state index is 12.7. The molecule has 190 valence electrons. The fourth-order valence-electron chi connectivity index (χ4n) is 3.69. The van der Waals surface area contributed by atoms with Crippen molar-refractivity contribution >= 4 is 38.7 Å². The topological polar surface area (TPSA) is 103 Å². The molecule has 3 rings (SSSR count). The Balaban J connectivity index is 1.86. The average Bonchev–Trinajstić information content (AvgIpc) is 3.12. The van der Waals surface area contributed by atoms with E-state index in [-0.39, 0.29) is 11.4 Å². The summed E-state index contributed by atoms with van der Waals surface area (Å²) in [6.07, 6.45) is 4.44. The van der Waals surface area contributed by atoms with Crippen molar-refractivity contribution in [2.24, 2.45) is 0 Å². The first-order valence-electron chi connectivity index (χ1n) is 12.0. The molecule has 0 atom stereocenters. The van der Waals surface area contributed by atoms with Crippen molar-refractivity contribution in [1.82, 2.24) is 19.3 Å². The van der Waals surface area contributed by atoms with Crippen LogP contribution in [-0.4, -0.2) is 41.2 Å². The number of imidazole rings is 1. The quantitative estimate of drug-likeness (QED) is 0.330. The molecule has 1 amide bonds. The predicted octanol–water partition coefficient (Wildman–Crippen LogP) is 5.18. The molecule has 0 saturated carbocycles. The van der Waals surface area contributed by atoms with E-state index in [1.807, 2.05) is 37.5 Å². The van der Waals surface area contributed by atoms with E-state index in [1.165, 1.54) is 0 Å². The molecule has 0 unspecified atom stereocenters.